The van der Waals surface area contributed by atoms with E-state index in [1.54, 1.807) is 6.20 Å². The smallest absolute Gasteiger partial charge is 0.299 e. The van der Waals surface area contributed by atoms with E-state index in [0.717, 1.165) is 11.3 Å². The summed E-state index contributed by atoms with van der Waals surface area (Å²) in [5.41, 5.74) is 3.41. The molecule has 0 N–H and O–H groups in total. The first-order valence-corrected chi connectivity index (χ1v) is 8.07. The van der Waals surface area contributed by atoms with Gasteiger partial charge in [-0.05, 0) is 19.4 Å². The zero-order chi connectivity index (χ0) is 16.2. The average molecular weight is 324 g/mol. The van der Waals surface area contributed by atoms with Crippen molar-refractivity contribution in [3.63, 3.8) is 0 Å². The van der Waals surface area contributed by atoms with Crippen LogP contribution in [0.15, 0.2) is 53.2 Å². The highest BCUT2D eigenvalue weighted by molar-refractivity contribution is 7.07. The monoisotopic (exact) mass is 324 g/mol. The Balaban J connectivity index is 1.86. The number of rotatable bonds is 3. The molecule has 0 radical (unpaired) electrons. The number of aromatic nitrogens is 3. The fraction of sp³-hybridized carbons (Fsp3) is 0.176. The minimum absolute atomic E-state index is 0.255. The van der Waals surface area contributed by atoms with E-state index in [1.807, 2.05) is 23.1 Å². The van der Waals surface area contributed by atoms with Crippen LogP contribution in [0.3, 0.4) is 0 Å². The summed E-state index contributed by atoms with van der Waals surface area (Å²) in [5, 5.41) is 1.92. The summed E-state index contributed by atoms with van der Waals surface area (Å²) in [6.45, 7) is 4.56. The van der Waals surface area contributed by atoms with Gasteiger partial charge in [-0.3, -0.25) is 9.78 Å². The molecule has 116 valence electrons. The number of hydrogen-bond donors (Lipinski definition) is 0. The standard InChI is InChI=1S/C17H16N4OS/c1-12-3-5-14(6-4-12)11-21-7-8-23-17(21)20-16(22)15-10-18-13(2)9-19-15/h3-10H,11H2,1-2H3. The molecule has 0 atom stereocenters. The quantitative estimate of drug-likeness (QED) is 0.744. The van der Waals surface area contributed by atoms with Crippen molar-refractivity contribution in [1.29, 1.82) is 0 Å². The van der Waals surface area contributed by atoms with Crippen LogP contribution in [0.4, 0.5) is 0 Å². The molecule has 2 heterocycles. The summed E-state index contributed by atoms with van der Waals surface area (Å²) in [7, 11) is 0. The van der Waals surface area contributed by atoms with E-state index < -0.39 is 0 Å². The fourth-order valence-corrected chi connectivity index (χ4v) is 2.77. The van der Waals surface area contributed by atoms with Gasteiger partial charge in [0.05, 0.1) is 11.9 Å². The predicted octanol–water partition coefficient (Wildman–Crippen LogP) is 2.75. The lowest BCUT2D eigenvalue weighted by Crippen LogP contribution is -2.17. The van der Waals surface area contributed by atoms with Gasteiger partial charge in [0.2, 0.25) is 0 Å². The minimum Gasteiger partial charge on any atom is -0.319 e. The molecule has 0 fully saturated rings. The maximum absolute atomic E-state index is 12.2. The molecule has 0 spiro atoms. The predicted molar refractivity (Wildman–Crippen MR) is 89.3 cm³/mol. The van der Waals surface area contributed by atoms with Crippen molar-refractivity contribution in [3.8, 4) is 0 Å². The Morgan fingerprint density at radius 3 is 2.65 bits per heavy atom. The summed E-state index contributed by atoms with van der Waals surface area (Å²) >= 11 is 1.43. The normalized spacial score (nSPS) is 11.7. The second-order valence-corrected chi connectivity index (χ2v) is 6.13. The van der Waals surface area contributed by atoms with Crippen LogP contribution < -0.4 is 4.80 Å². The topological polar surface area (TPSA) is 60.1 Å². The zero-order valence-electron chi connectivity index (χ0n) is 12.9. The van der Waals surface area contributed by atoms with Crippen molar-refractivity contribution < 1.29 is 4.79 Å². The van der Waals surface area contributed by atoms with Gasteiger partial charge < -0.3 is 4.57 Å². The third-order valence-corrected chi connectivity index (χ3v) is 4.13. The molecule has 0 aliphatic rings. The molecule has 0 saturated carbocycles. The highest BCUT2D eigenvalue weighted by Crippen LogP contribution is 2.05. The molecule has 0 bridgehead atoms. The molecule has 3 aromatic rings. The van der Waals surface area contributed by atoms with E-state index in [1.165, 1.54) is 23.1 Å². The molecule has 0 unspecified atom stereocenters. The second kappa shape index (κ2) is 6.66. The fourth-order valence-electron chi connectivity index (χ4n) is 2.04. The third-order valence-electron chi connectivity index (χ3n) is 3.33. The van der Waals surface area contributed by atoms with E-state index in [-0.39, 0.29) is 11.6 Å². The highest BCUT2D eigenvalue weighted by Gasteiger charge is 2.07. The molecule has 1 aromatic carbocycles. The molecular weight excluding hydrogens is 308 g/mol. The van der Waals surface area contributed by atoms with Crippen LogP contribution in [0.2, 0.25) is 0 Å². The molecule has 6 heteroatoms. The molecule has 23 heavy (non-hydrogen) atoms. The molecule has 1 amide bonds. The van der Waals surface area contributed by atoms with E-state index >= 15 is 0 Å². The van der Waals surface area contributed by atoms with Gasteiger partial charge >= 0.3 is 0 Å². The largest absolute Gasteiger partial charge is 0.319 e. The number of hydrogen-bond acceptors (Lipinski definition) is 4. The molecular formula is C17H16N4OS. The van der Waals surface area contributed by atoms with Crippen LogP contribution in [-0.2, 0) is 6.54 Å². The summed E-state index contributed by atoms with van der Waals surface area (Å²) in [6, 6.07) is 8.31. The lowest BCUT2D eigenvalue weighted by atomic mass is 10.1. The minimum atomic E-state index is -0.377. The maximum atomic E-state index is 12.2. The number of carbonyl (C=O) groups is 1. The van der Waals surface area contributed by atoms with Gasteiger partial charge in [0.25, 0.3) is 5.91 Å². The summed E-state index contributed by atoms with van der Waals surface area (Å²) in [4.78, 5) is 25.2. The molecule has 2 aromatic heterocycles. The number of nitrogens with zero attached hydrogens (tertiary/aromatic N) is 4. The average Bonchev–Trinajstić information content (AvgIpc) is 2.97. The number of amides is 1. The van der Waals surface area contributed by atoms with Crippen molar-refractivity contribution >= 4 is 17.2 Å². The van der Waals surface area contributed by atoms with Crippen molar-refractivity contribution in [2.45, 2.75) is 20.4 Å². The molecule has 0 aliphatic carbocycles. The van der Waals surface area contributed by atoms with E-state index in [4.69, 9.17) is 0 Å². The molecule has 3 rings (SSSR count). The number of aryl methyl sites for hydroxylation is 2. The summed E-state index contributed by atoms with van der Waals surface area (Å²) in [6.07, 6.45) is 4.95. The Hall–Kier alpha value is -2.60. The Bertz CT molecular complexity index is 876. The van der Waals surface area contributed by atoms with Crippen LogP contribution in [0, 0.1) is 13.8 Å². The third kappa shape index (κ3) is 3.78. The van der Waals surface area contributed by atoms with Crippen molar-refractivity contribution in [3.05, 3.63) is 75.6 Å². The Kier molecular flexibility index (Phi) is 4.43. The summed E-state index contributed by atoms with van der Waals surface area (Å²) < 4.78 is 1.95. The first-order chi connectivity index (χ1) is 11.1. The van der Waals surface area contributed by atoms with Gasteiger partial charge in [-0.15, -0.1) is 11.3 Å². The first kappa shape index (κ1) is 15.3. The van der Waals surface area contributed by atoms with Crippen LogP contribution in [0.25, 0.3) is 0 Å². The zero-order valence-corrected chi connectivity index (χ0v) is 13.7. The Labute approximate surface area is 138 Å². The highest BCUT2D eigenvalue weighted by atomic mass is 32.1. The van der Waals surface area contributed by atoms with Crippen molar-refractivity contribution in [2.75, 3.05) is 0 Å². The maximum Gasteiger partial charge on any atom is 0.299 e. The summed E-state index contributed by atoms with van der Waals surface area (Å²) in [5.74, 6) is -0.377. The van der Waals surface area contributed by atoms with Gasteiger partial charge in [0.1, 0.15) is 5.69 Å². The number of carbonyl (C=O) groups excluding carboxylic acids is 1. The van der Waals surface area contributed by atoms with Crippen molar-refractivity contribution in [1.82, 2.24) is 14.5 Å². The van der Waals surface area contributed by atoms with Crippen LogP contribution >= 0.6 is 11.3 Å². The van der Waals surface area contributed by atoms with Gasteiger partial charge in [0, 0.05) is 24.3 Å². The van der Waals surface area contributed by atoms with Gasteiger partial charge in [-0.1, -0.05) is 29.8 Å². The first-order valence-electron chi connectivity index (χ1n) is 7.19. The van der Waals surface area contributed by atoms with Crippen LogP contribution in [0.5, 0.6) is 0 Å². The van der Waals surface area contributed by atoms with Gasteiger partial charge in [0.15, 0.2) is 4.80 Å². The van der Waals surface area contributed by atoms with Crippen molar-refractivity contribution in [2.24, 2.45) is 4.99 Å². The molecule has 5 nitrogen and oxygen atoms in total. The molecule has 0 aliphatic heterocycles. The van der Waals surface area contributed by atoms with Gasteiger partial charge in [-0.25, -0.2) is 4.98 Å². The SMILES string of the molecule is Cc1ccc(Cn2ccsc2=NC(=O)c2cnc(C)cn2)cc1. The van der Waals surface area contributed by atoms with Crippen LogP contribution in [0.1, 0.15) is 27.3 Å². The van der Waals surface area contributed by atoms with E-state index in [9.17, 15) is 4.79 Å². The lowest BCUT2D eigenvalue weighted by Gasteiger charge is -2.03. The second-order valence-electron chi connectivity index (χ2n) is 5.26. The van der Waals surface area contributed by atoms with Gasteiger partial charge in [-0.2, -0.15) is 4.99 Å². The Morgan fingerprint density at radius 2 is 1.96 bits per heavy atom. The lowest BCUT2D eigenvalue weighted by molar-refractivity contribution is 0.0992. The van der Waals surface area contributed by atoms with Crippen LogP contribution in [-0.4, -0.2) is 20.4 Å². The number of thiazole rings is 1. The number of benzene rings is 1. The van der Waals surface area contributed by atoms with E-state index in [2.05, 4.69) is 46.1 Å². The van der Waals surface area contributed by atoms with E-state index in [0.29, 0.717) is 11.3 Å². The molecule has 0 saturated heterocycles. The Morgan fingerprint density at radius 1 is 1.17 bits per heavy atom.